The van der Waals surface area contributed by atoms with E-state index in [2.05, 4.69) is 21.0 Å². The number of aromatic nitrogens is 2. The largest absolute Gasteiger partial charge is 0.388 e. The van der Waals surface area contributed by atoms with E-state index in [1.165, 1.54) is 6.07 Å². The van der Waals surface area contributed by atoms with Gasteiger partial charge in [-0.3, -0.25) is 4.68 Å². The minimum absolute atomic E-state index is 0.293. The summed E-state index contributed by atoms with van der Waals surface area (Å²) in [7, 11) is 0. The van der Waals surface area contributed by atoms with Gasteiger partial charge in [-0.15, -0.1) is 0 Å². The average Bonchev–Trinajstić information content (AvgIpc) is 2.76. The Morgan fingerprint density at radius 3 is 2.89 bits per heavy atom. The lowest BCUT2D eigenvalue weighted by Crippen LogP contribution is -2.05. The van der Waals surface area contributed by atoms with E-state index in [9.17, 15) is 9.50 Å². The molecule has 2 aromatic rings. The first-order valence-electron chi connectivity index (χ1n) is 5.75. The van der Waals surface area contributed by atoms with Gasteiger partial charge in [0.25, 0.3) is 0 Å². The van der Waals surface area contributed by atoms with Gasteiger partial charge in [0.1, 0.15) is 5.82 Å². The Morgan fingerprint density at radius 1 is 1.50 bits per heavy atom. The van der Waals surface area contributed by atoms with Crippen LogP contribution in [0, 0.1) is 5.82 Å². The Kier molecular flexibility index (Phi) is 4.14. The van der Waals surface area contributed by atoms with E-state index < -0.39 is 11.9 Å². The van der Waals surface area contributed by atoms with Gasteiger partial charge in [-0.05, 0) is 24.6 Å². The molecule has 0 saturated carbocycles. The summed E-state index contributed by atoms with van der Waals surface area (Å²) < 4.78 is 16.0. The summed E-state index contributed by atoms with van der Waals surface area (Å²) >= 11 is 3.26. The van der Waals surface area contributed by atoms with Gasteiger partial charge in [-0.2, -0.15) is 5.10 Å². The molecule has 3 nitrogen and oxygen atoms in total. The van der Waals surface area contributed by atoms with Gasteiger partial charge in [0.2, 0.25) is 0 Å². The molecule has 0 bridgehead atoms. The molecular formula is C13H14BrFN2O. The zero-order valence-electron chi connectivity index (χ0n) is 9.98. The number of halogens is 2. The molecule has 1 heterocycles. The zero-order chi connectivity index (χ0) is 13.1. The highest BCUT2D eigenvalue weighted by Gasteiger charge is 2.17. The summed E-state index contributed by atoms with van der Waals surface area (Å²) in [5.74, 6) is -0.403. The first-order valence-corrected chi connectivity index (χ1v) is 6.54. The van der Waals surface area contributed by atoms with Gasteiger partial charge < -0.3 is 5.11 Å². The topological polar surface area (TPSA) is 38.0 Å². The number of hydrogen-bond donors (Lipinski definition) is 1. The second-order valence-corrected chi connectivity index (χ2v) is 4.91. The maximum Gasteiger partial charge on any atom is 0.130 e. The van der Waals surface area contributed by atoms with E-state index in [-0.39, 0.29) is 0 Å². The Balaban J connectivity index is 2.19. The highest BCUT2D eigenvalue weighted by molar-refractivity contribution is 9.10. The standard InChI is InChI=1S/C13H14BrFN2O/c1-2-17-8-9(7-16-17)6-12(18)13-10(14)4-3-5-11(13)15/h3-5,7-8,12,18H,2,6H2,1H3. The summed E-state index contributed by atoms with van der Waals surface area (Å²) in [5.41, 5.74) is 1.18. The summed E-state index contributed by atoms with van der Waals surface area (Å²) in [4.78, 5) is 0. The van der Waals surface area contributed by atoms with Crippen LogP contribution in [0.15, 0.2) is 35.1 Å². The monoisotopic (exact) mass is 312 g/mol. The summed E-state index contributed by atoms with van der Waals surface area (Å²) in [5, 5.41) is 14.2. The molecule has 0 radical (unpaired) electrons. The lowest BCUT2D eigenvalue weighted by atomic mass is 10.0. The number of rotatable bonds is 4. The fourth-order valence-corrected chi connectivity index (χ4v) is 2.45. The Hall–Kier alpha value is -1.20. The van der Waals surface area contributed by atoms with E-state index >= 15 is 0 Å². The van der Waals surface area contributed by atoms with Crippen molar-refractivity contribution in [2.24, 2.45) is 0 Å². The molecule has 0 aliphatic carbocycles. The quantitative estimate of drug-likeness (QED) is 0.942. The van der Waals surface area contributed by atoms with Crippen LogP contribution in [0.5, 0.6) is 0 Å². The van der Waals surface area contributed by atoms with Crippen LogP contribution in [0.25, 0.3) is 0 Å². The molecule has 5 heteroatoms. The van der Waals surface area contributed by atoms with Crippen molar-refractivity contribution in [1.82, 2.24) is 9.78 Å². The molecule has 0 amide bonds. The van der Waals surface area contributed by atoms with E-state index in [4.69, 9.17) is 0 Å². The summed E-state index contributed by atoms with van der Waals surface area (Å²) in [6, 6.07) is 4.67. The summed E-state index contributed by atoms with van der Waals surface area (Å²) in [6.45, 7) is 2.76. The van der Waals surface area contributed by atoms with E-state index in [1.54, 1.807) is 23.0 Å². The normalized spacial score (nSPS) is 12.7. The van der Waals surface area contributed by atoms with Crippen molar-refractivity contribution in [3.8, 4) is 0 Å². The van der Waals surface area contributed by atoms with Gasteiger partial charge in [0.15, 0.2) is 0 Å². The molecule has 96 valence electrons. The average molecular weight is 313 g/mol. The molecular weight excluding hydrogens is 299 g/mol. The highest BCUT2D eigenvalue weighted by atomic mass is 79.9. The first kappa shape index (κ1) is 13.2. The van der Waals surface area contributed by atoms with E-state index in [0.29, 0.717) is 16.5 Å². The van der Waals surface area contributed by atoms with Crippen LogP contribution in [0.1, 0.15) is 24.2 Å². The third-order valence-corrected chi connectivity index (χ3v) is 3.46. The maximum absolute atomic E-state index is 13.7. The number of benzene rings is 1. The third-order valence-electron chi connectivity index (χ3n) is 2.77. The first-order chi connectivity index (χ1) is 8.61. The Labute approximate surface area is 113 Å². The van der Waals surface area contributed by atoms with Crippen molar-refractivity contribution in [2.75, 3.05) is 0 Å². The Morgan fingerprint density at radius 2 is 2.28 bits per heavy atom. The van der Waals surface area contributed by atoms with Gasteiger partial charge in [0, 0.05) is 29.2 Å². The second-order valence-electron chi connectivity index (χ2n) is 4.06. The molecule has 1 atom stereocenters. The molecule has 1 aromatic carbocycles. The lowest BCUT2D eigenvalue weighted by Gasteiger charge is -2.12. The van der Waals surface area contributed by atoms with Crippen LogP contribution in [0.3, 0.4) is 0 Å². The minimum atomic E-state index is -0.880. The Bertz CT molecular complexity index is 521. The molecule has 1 N–H and O–H groups in total. The van der Waals surface area contributed by atoms with Crippen LogP contribution < -0.4 is 0 Å². The smallest absolute Gasteiger partial charge is 0.130 e. The molecule has 0 aliphatic rings. The SMILES string of the molecule is CCn1cc(CC(O)c2c(F)cccc2Br)cn1. The summed E-state index contributed by atoms with van der Waals surface area (Å²) in [6.07, 6.45) is 3.02. The number of aliphatic hydroxyl groups excluding tert-OH is 1. The molecule has 0 fully saturated rings. The lowest BCUT2D eigenvalue weighted by molar-refractivity contribution is 0.173. The van der Waals surface area contributed by atoms with E-state index in [1.807, 2.05) is 13.1 Å². The molecule has 0 saturated heterocycles. The molecule has 2 rings (SSSR count). The van der Waals surface area contributed by atoms with Crippen molar-refractivity contribution in [1.29, 1.82) is 0 Å². The third kappa shape index (κ3) is 2.79. The fourth-order valence-electron chi connectivity index (χ4n) is 1.84. The predicted molar refractivity (Wildman–Crippen MR) is 70.7 cm³/mol. The molecule has 0 aliphatic heterocycles. The van der Waals surface area contributed by atoms with Crippen molar-refractivity contribution >= 4 is 15.9 Å². The van der Waals surface area contributed by atoms with Crippen LogP contribution in [-0.2, 0) is 13.0 Å². The highest BCUT2D eigenvalue weighted by Crippen LogP contribution is 2.28. The van der Waals surface area contributed by atoms with Gasteiger partial charge >= 0.3 is 0 Å². The van der Waals surface area contributed by atoms with Crippen molar-refractivity contribution in [3.05, 3.63) is 52.0 Å². The van der Waals surface area contributed by atoms with Crippen molar-refractivity contribution in [2.45, 2.75) is 26.0 Å². The molecule has 1 unspecified atom stereocenters. The van der Waals surface area contributed by atoms with Crippen LogP contribution in [0.4, 0.5) is 4.39 Å². The number of aryl methyl sites for hydroxylation is 1. The molecule has 18 heavy (non-hydrogen) atoms. The van der Waals surface area contributed by atoms with Gasteiger partial charge in [-0.25, -0.2) is 4.39 Å². The van der Waals surface area contributed by atoms with Gasteiger partial charge in [0.05, 0.1) is 12.3 Å². The number of nitrogens with zero attached hydrogens (tertiary/aromatic N) is 2. The fraction of sp³-hybridized carbons (Fsp3) is 0.308. The zero-order valence-corrected chi connectivity index (χ0v) is 11.6. The van der Waals surface area contributed by atoms with Crippen LogP contribution >= 0.6 is 15.9 Å². The minimum Gasteiger partial charge on any atom is -0.388 e. The number of hydrogen-bond acceptors (Lipinski definition) is 2. The van der Waals surface area contributed by atoms with Crippen LogP contribution in [0.2, 0.25) is 0 Å². The van der Waals surface area contributed by atoms with Crippen molar-refractivity contribution < 1.29 is 9.50 Å². The number of aliphatic hydroxyl groups is 1. The van der Waals surface area contributed by atoms with E-state index in [0.717, 1.165) is 12.1 Å². The predicted octanol–water partition coefficient (Wildman–Crippen LogP) is 3.08. The molecule has 1 aromatic heterocycles. The van der Waals surface area contributed by atoms with Crippen molar-refractivity contribution in [3.63, 3.8) is 0 Å². The van der Waals surface area contributed by atoms with Crippen LogP contribution in [-0.4, -0.2) is 14.9 Å². The maximum atomic E-state index is 13.7. The molecule has 0 spiro atoms. The second kappa shape index (κ2) is 5.63. The van der Waals surface area contributed by atoms with Gasteiger partial charge in [-0.1, -0.05) is 22.0 Å².